The molecule has 0 saturated carbocycles. The summed E-state index contributed by atoms with van der Waals surface area (Å²) in [5.74, 6) is 0.0957. The third kappa shape index (κ3) is 2.64. The fraction of sp³-hybridized carbons (Fsp3) is 0.533. The second-order valence-electron chi connectivity index (χ2n) is 5.79. The average molecular weight is 323 g/mol. The summed E-state index contributed by atoms with van der Waals surface area (Å²) in [6.07, 6.45) is 3.08. The van der Waals surface area contributed by atoms with E-state index in [9.17, 15) is 13.2 Å². The Balaban J connectivity index is 1.84. The van der Waals surface area contributed by atoms with Gasteiger partial charge in [0.05, 0.1) is 4.90 Å². The highest BCUT2D eigenvalue weighted by molar-refractivity contribution is 7.89. The first-order chi connectivity index (χ1) is 10.5. The maximum Gasteiger partial charge on any atom is 0.243 e. The molecule has 0 bridgehead atoms. The molecule has 2 N–H and O–H groups in total. The molecule has 0 aliphatic carbocycles. The van der Waals surface area contributed by atoms with Crippen LogP contribution in [0.15, 0.2) is 29.2 Å². The maximum absolute atomic E-state index is 12.7. The predicted molar refractivity (Wildman–Crippen MR) is 84.0 cm³/mol. The van der Waals surface area contributed by atoms with E-state index in [1.165, 1.54) is 4.31 Å². The van der Waals surface area contributed by atoms with Crippen LogP contribution in [0.1, 0.15) is 25.7 Å². The Bertz CT molecular complexity index is 657. The van der Waals surface area contributed by atoms with E-state index in [0.717, 1.165) is 24.9 Å². The van der Waals surface area contributed by atoms with E-state index < -0.39 is 10.0 Å². The molecular weight excluding hydrogens is 302 g/mol. The van der Waals surface area contributed by atoms with Crippen molar-refractivity contribution < 1.29 is 13.2 Å². The van der Waals surface area contributed by atoms with Crippen molar-refractivity contribution in [2.24, 2.45) is 5.73 Å². The number of hydrogen-bond donors (Lipinski definition) is 1. The van der Waals surface area contributed by atoms with E-state index in [4.69, 9.17) is 5.73 Å². The van der Waals surface area contributed by atoms with Crippen LogP contribution in [0.25, 0.3) is 0 Å². The Morgan fingerprint density at radius 2 is 1.86 bits per heavy atom. The Kier molecular flexibility index (Phi) is 4.20. The van der Waals surface area contributed by atoms with Crippen molar-refractivity contribution in [3.63, 3.8) is 0 Å². The molecule has 1 unspecified atom stereocenters. The molecule has 120 valence electrons. The molecule has 0 aromatic heterocycles. The molecule has 2 heterocycles. The molecule has 2 aliphatic heterocycles. The molecule has 1 aromatic carbocycles. The zero-order valence-electron chi connectivity index (χ0n) is 12.4. The standard InChI is InChI=1S/C15H21N3O3S/c16-11-13-3-1-10-18(13)22(20,21)14-7-5-12(6-8-14)17-9-2-4-15(17)19/h5-8,13H,1-4,9-11,16H2. The SMILES string of the molecule is NCC1CCCN1S(=O)(=O)c1ccc(N2CCCC2=O)cc1. The van der Waals surface area contributed by atoms with Crippen molar-refractivity contribution in [1.29, 1.82) is 0 Å². The molecule has 7 heteroatoms. The van der Waals surface area contributed by atoms with Gasteiger partial charge in [-0.2, -0.15) is 4.31 Å². The molecule has 6 nitrogen and oxygen atoms in total. The Morgan fingerprint density at radius 1 is 1.14 bits per heavy atom. The molecule has 2 fully saturated rings. The molecule has 0 radical (unpaired) electrons. The molecule has 22 heavy (non-hydrogen) atoms. The van der Waals surface area contributed by atoms with Gasteiger partial charge in [0.15, 0.2) is 0 Å². The van der Waals surface area contributed by atoms with Gasteiger partial charge >= 0.3 is 0 Å². The van der Waals surface area contributed by atoms with Crippen LogP contribution in [0, 0.1) is 0 Å². The monoisotopic (exact) mass is 323 g/mol. The summed E-state index contributed by atoms with van der Waals surface area (Å²) in [5, 5.41) is 0. The van der Waals surface area contributed by atoms with Crippen LogP contribution in [-0.2, 0) is 14.8 Å². The molecule has 0 spiro atoms. The first-order valence-corrected chi connectivity index (χ1v) is 9.10. The molecule has 3 rings (SSSR count). The van der Waals surface area contributed by atoms with E-state index in [-0.39, 0.29) is 16.8 Å². The van der Waals surface area contributed by atoms with Gasteiger partial charge in [0, 0.05) is 37.8 Å². The maximum atomic E-state index is 12.7. The van der Waals surface area contributed by atoms with Crippen LogP contribution >= 0.6 is 0 Å². The minimum absolute atomic E-state index is 0.0957. The Labute approximate surface area is 130 Å². The number of nitrogens with two attached hydrogens (primary N) is 1. The van der Waals surface area contributed by atoms with Gasteiger partial charge in [-0.1, -0.05) is 0 Å². The third-order valence-electron chi connectivity index (χ3n) is 4.42. The van der Waals surface area contributed by atoms with Gasteiger partial charge in [-0.05, 0) is 43.5 Å². The quantitative estimate of drug-likeness (QED) is 0.893. The number of hydrogen-bond acceptors (Lipinski definition) is 4. The van der Waals surface area contributed by atoms with E-state index in [1.807, 2.05) is 0 Å². The van der Waals surface area contributed by atoms with Crippen molar-refractivity contribution in [1.82, 2.24) is 4.31 Å². The van der Waals surface area contributed by atoms with E-state index in [2.05, 4.69) is 0 Å². The fourth-order valence-electron chi connectivity index (χ4n) is 3.22. The summed E-state index contributed by atoms with van der Waals surface area (Å²) in [6.45, 7) is 1.57. The molecule has 1 amide bonds. The second-order valence-corrected chi connectivity index (χ2v) is 7.68. The molecular formula is C15H21N3O3S. The number of anilines is 1. The number of benzene rings is 1. The summed E-state index contributed by atoms with van der Waals surface area (Å²) < 4.78 is 26.9. The van der Waals surface area contributed by atoms with Gasteiger partial charge in [-0.15, -0.1) is 0 Å². The largest absolute Gasteiger partial charge is 0.329 e. The highest BCUT2D eigenvalue weighted by Gasteiger charge is 2.34. The normalized spacial score (nSPS) is 23.4. The van der Waals surface area contributed by atoms with Crippen molar-refractivity contribution in [3.8, 4) is 0 Å². The fourth-order valence-corrected chi connectivity index (χ4v) is 4.92. The first-order valence-electron chi connectivity index (χ1n) is 7.66. The van der Waals surface area contributed by atoms with Crippen LogP contribution in [0.5, 0.6) is 0 Å². The summed E-state index contributed by atoms with van der Waals surface area (Å²) >= 11 is 0. The summed E-state index contributed by atoms with van der Waals surface area (Å²) in [5.41, 5.74) is 6.43. The minimum atomic E-state index is -3.50. The number of carbonyl (C=O) groups excluding carboxylic acids is 1. The van der Waals surface area contributed by atoms with Crippen LogP contribution in [0.3, 0.4) is 0 Å². The average Bonchev–Trinajstić information content (AvgIpc) is 3.16. The van der Waals surface area contributed by atoms with Gasteiger partial charge in [0.25, 0.3) is 0 Å². The number of rotatable bonds is 4. The number of carbonyl (C=O) groups is 1. The van der Waals surface area contributed by atoms with Crippen molar-refractivity contribution in [3.05, 3.63) is 24.3 Å². The molecule has 2 saturated heterocycles. The molecule has 2 aliphatic rings. The lowest BCUT2D eigenvalue weighted by Crippen LogP contribution is -2.39. The highest BCUT2D eigenvalue weighted by Crippen LogP contribution is 2.28. The summed E-state index contributed by atoms with van der Waals surface area (Å²) in [6, 6.07) is 6.49. The van der Waals surface area contributed by atoms with Gasteiger partial charge in [0.1, 0.15) is 0 Å². The number of sulfonamides is 1. The van der Waals surface area contributed by atoms with Crippen LogP contribution < -0.4 is 10.6 Å². The Morgan fingerprint density at radius 3 is 2.45 bits per heavy atom. The lowest BCUT2D eigenvalue weighted by Gasteiger charge is -2.23. The van der Waals surface area contributed by atoms with E-state index >= 15 is 0 Å². The number of amides is 1. The van der Waals surface area contributed by atoms with Gasteiger partial charge in [0.2, 0.25) is 15.9 Å². The van der Waals surface area contributed by atoms with Crippen LogP contribution in [-0.4, -0.2) is 44.3 Å². The van der Waals surface area contributed by atoms with Gasteiger partial charge < -0.3 is 10.6 Å². The van der Waals surface area contributed by atoms with E-state index in [1.54, 1.807) is 29.2 Å². The van der Waals surface area contributed by atoms with E-state index in [0.29, 0.717) is 26.1 Å². The van der Waals surface area contributed by atoms with Crippen molar-refractivity contribution >= 4 is 21.6 Å². The number of nitrogens with zero attached hydrogens (tertiary/aromatic N) is 2. The smallest absolute Gasteiger partial charge is 0.243 e. The highest BCUT2D eigenvalue weighted by atomic mass is 32.2. The Hall–Kier alpha value is -1.44. The predicted octanol–water partition coefficient (Wildman–Crippen LogP) is 0.925. The van der Waals surface area contributed by atoms with Gasteiger partial charge in [-0.25, -0.2) is 8.42 Å². The zero-order valence-corrected chi connectivity index (χ0v) is 13.3. The first kappa shape index (κ1) is 15.5. The third-order valence-corrected chi connectivity index (χ3v) is 6.39. The minimum Gasteiger partial charge on any atom is -0.329 e. The van der Waals surface area contributed by atoms with Crippen LogP contribution in [0.4, 0.5) is 5.69 Å². The lowest BCUT2D eigenvalue weighted by molar-refractivity contribution is -0.117. The lowest BCUT2D eigenvalue weighted by atomic mass is 10.2. The van der Waals surface area contributed by atoms with Gasteiger partial charge in [-0.3, -0.25) is 4.79 Å². The second kappa shape index (κ2) is 5.98. The molecule has 1 atom stereocenters. The van der Waals surface area contributed by atoms with Crippen molar-refractivity contribution in [2.45, 2.75) is 36.6 Å². The van der Waals surface area contributed by atoms with Crippen LogP contribution in [0.2, 0.25) is 0 Å². The van der Waals surface area contributed by atoms with Crippen molar-refractivity contribution in [2.75, 3.05) is 24.5 Å². The summed E-state index contributed by atoms with van der Waals surface area (Å²) in [4.78, 5) is 13.7. The molecule has 1 aromatic rings. The zero-order chi connectivity index (χ0) is 15.7. The summed E-state index contributed by atoms with van der Waals surface area (Å²) in [7, 11) is -3.50. The topological polar surface area (TPSA) is 83.7 Å².